The maximum Gasteiger partial charge on any atom is 0.272 e. The van der Waals surface area contributed by atoms with E-state index in [0.717, 1.165) is 22.2 Å². The molecule has 0 bridgehead atoms. The number of aromatic amines is 1. The van der Waals surface area contributed by atoms with Crippen LogP contribution in [0.3, 0.4) is 0 Å². The summed E-state index contributed by atoms with van der Waals surface area (Å²) >= 11 is 0. The number of aromatic nitrogens is 2. The molecule has 4 aromatic rings. The van der Waals surface area contributed by atoms with E-state index in [9.17, 15) is 4.79 Å². The van der Waals surface area contributed by atoms with Crippen molar-refractivity contribution in [2.75, 3.05) is 12.4 Å². The Kier molecular flexibility index (Phi) is 4.93. The highest BCUT2D eigenvalue weighted by Crippen LogP contribution is 2.23. The Balaban J connectivity index is 1.45. The van der Waals surface area contributed by atoms with Crippen LogP contribution in [-0.4, -0.2) is 23.0 Å². The fraction of sp³-hybridized carbons (Fsp3) is 0.0909. The predicted octanol–water partition coefficient (Wildman–Crippen LogP) is 4.40. The molecule has 0 aliphatic rings. The molecule has 140 valence electrons. The van der Waals surface area contributed by atoms with Crippen molar-refractivity contribution < 1.29 is 14.3 Å². The Morgan fingerprint density at radius 2 is 2.00 bits per heavy atom. The summed E-state index contributed by atoms with van der Waals surface area (Å²) in [5, 5.41) is 3.84. The Hall–Kier alpha value is -3.80. The number of fused-ring (bicyclic) bond motifs is 1. The third kappa shape index (κ3) is 3.96. The zero-order chi connectivity index (χ0) is 19.3. The van der Waals surface area contributed by atoms with Gasteiger partial charge in [0.15, 0.2) is 0 Å². The van der Waals surface area contributed by atoms with E-state index < -0.39 is 0 Å². The van der Waals surface area contributed by atoms with Gasteiger partial charge in [-0.3, -0.25) is 9.78 Å². The number of ether oxygens (including phenoxy) is 2. The number of benzene rings is 2. The molecule has 2 aromatic heterocycles. The molecule has 0 spiro atoms. The lowest BCUT2D eigenvalue weighted by Crippen LogP contribution is -2.12. The second-order valence-corrected chi connectivity index (χ2v) is 6.27. The van der Waals surface area contributed by atoms with E-state index in [1.54, 1.807) is 25.6 Å². The number of amides is 1. The first kappa shape index (κ1) is 17.6. The number of H-pyrrole nitrogens is 1. The lowest BCUT2D eigenvalue weighted by Gasteiger charge is -2.09. The Morgan fingerprint density at radius 3 is 2.82 bits per heavy atom. The molecule has 0 aliphatic carbocycles. The van der Waals surface area contributed by atoms with Crippen LogP contribution < -0.4 is 14.8 Å². The molecule has 2 N–H and O–H groups in total. The molecule has 2 heterocycles. The smallest absolute Gasteiger partial charge is 0.272 e. The molecule has 0 radical (unpaired) electrons. The topological polar surface area (TPSA) is 76.2 Å². The number of pyridine rings is 1. The molecule has 2 aromatic carbocycles. The second-order valence-electron chi connectivity index (χ2n) is 6.27. The Morgan fingerprint density at radius 1 is 1.07 bits per heavy atom. The average molecular weight is 373 g/mol. The standard InChI is InChI=1S/C22H19N3O3/c1-27-18-8-7-16-10-21(25-20(16)12-18)22(26)24-17-5-2-6-19(11-17)28-14-15-4-3-9-23-13-15/h2-13,25H,14H2,1H3,(H,24,26). The van der Waals surface area contributed by atoms with Gasteiger partial charge in [0.2, 0.25) is 0 Å². The van der Waals surface area contributed by atoms with Crippen LogP contribution in [0.2, 0.25) is 0 Å². The number of nitrogens with zero attached hydrogens (tertiary/aromatic N) is 1. The number of anilines is 1. The molecule has 0 saturated heterocycles. The van der Waals surface area contributed by atoms with Gasteiger partial charge in [-0.1, -0.05) is 12.1 Å². The van der Waals surface area contributed by atoms with Gasteiger partial charge in [0, 0.05) is 46.7 Å². The summed E-state index contributed by atoms with van der Waals surface area (Å²) in [4.78, 5) is 19.8. The molecule has 6 nitrogen and oxygen atoms in total. The molecule has 0 saturated carbocycles. The van der Waals surface area contributed by atoms with Crippen molar-refractivity contribution in [2.24, 2.45) is 0 Å². The molecule has 0 aliphatic heterocycles. The van der Waals surface area contributed by atoms with Crippen molar-refractivity contribution in [2.45, 2.75) is 6.61 Å². The minimum atomic E-state index is -0.223. The summed E-state index contributed by atoms with van der Waals surface area (Å²) < 4.78 is 11.0. The van der Waals surface area contributed by atoms with Gasteiger partial charge in [-0.15, -0.1) is 0 Å². The molecular formula is C22H19N3O3. The Labute approximate surface area is 162 Å². The van der Waals surface area contributed by atoms with Crippen LogP contribution in [0.1, 0.15) is 16.1 Å². The van der Waals surface area contributed by atoms with E-state index in [-0.39, 0.29) is 5.91 Å². The van der Waals surface area contributed by atoms with Gasteiger partial charge in [0.1, 0.15) is 23.8 Å². The van der Waals surface area contributed by atoms with E-state index in [1.165, 1.54) is 0 Å². The van der Waals surface area contributed by atoms with Crippen molar-refractivity contribution in [3.05, 3.63) is 84.3 Å². The third-order valence-corrected chi connectivity index (χ3v) is 4.29. The summed E-state index contributed by atoms with van der Waals surface area (Å²) in [6.07, 6.45) is 3.48. The first-order valence-electron chi connectivity index (χ1n) is 8.81. The molecule has 0 unspecified atom stereocenters. The lowest BCUT2D eigenvalue weighted by molar-refractivity contribution is 0.102. The van der Waals surface area contributed by atoms with Crippen molar-refractivity contribution in [1.82, 2.24) is 9.97 Å². The number of hydrogen-bond donors (Lipinski definition) is 2. The quantitative estimate of drug-likeness (QED) is 0.525. The van der Waals surface area contributed by atoms with Gasteiger partial charge < -0.3 is 19.8 Å². The molecule has 0 fully saturated rings. The summed E-state index contributed by atoms with van der Waals surface area (Å²) in [6, 6.07) is 18.6. The van der Waals surface area contributed by atoms with Gasteiger partial charge in [-0.2, -0.15) is 0 Å². The van der Waals surface area contributed by atoms with Crippen molar-refractivity contribution >= 4 is 22.5 Å². The maximum atomic E-state index is 12.6. The first-order chi connectivity index (χ1) is 13.7. The zero-order valence-electron chi connectivity index (χ0n) is 15.3. The van der Waals surface area contributed by atoms with Crippen LogP contribution >= 0.6 is 0 Å². The summed E-state index contributed by atoms with van der Waals surface area (Å²) in [5.74, 6) is 1.18. The molecule has 4 rings (SSSR count). The van der Waals surface area contributed by atoms with Gasteiger partial charge in [0.25, 0.3) is 5.91 Å². The van der Waals surface area contributed by atoms with E-state index in [2.05, 4.69) is 15.3 Å². The number of nitrogens with one attached hydrogen (secondary N) is 2. The molecule has 0 atom stereocenters. The number of hydrogen-bond acceptors (Lipinski definition) is 4. The van der Waals surface area contributed by atoms with Crippen LogP contribution in [0.25, 0.3) is 10.9 Å². The number of carbonyl (C=O) groups excluding carboxylic acids is 1. The number of rotatable bonds is 6. The highest BCUT2D eigenvalue weighted by Gasteiger charge is 2.11. The maximum absolute atomic E-state index is 12.6. The third-order valence-electron chi connectivity index (χ3n) is 4.29. The van der Waals surface area contributed by atoms with Gasteiger partial charge in [-0.05, 0) is 36.4 Å². The molecule has 1 amide bonds. The normalized spacial score (nSPS) is 10.6. The van der Waals surface area contributed by atoms with Gasteiger partial charge in [-0.25, -0.2) is 0 Å². The highest BCUT2D eigenvalue weighted by atomic mass is 16.5. The fourth-order valence-electron chi connectivity index (χ4n) is 2.87. The van der Waals surface area contributed by atoms with Gasteiger partial charge >= 0.3 is 0 Å². The number of methoxy groups -OCH3 is 1. The second kappa shape index (κ2) is 7.84. The first-order valence-corrected chi connectivity index (χ1v) is 8.81. The minimum absolute atomic E-state index is 0.223. The van der Waals surface area contributed by atoms with Crippen LogP contribution in [0.15, 0.2) is 73.1 Å². The van der Waals surface area contributed by atoms with E-state index >= 15 is 0 Å². The fourth-order valence-corrected chi connectivity index (χ4v) is 2.87. The summed E-state index contributed by atoms with van der Waals surface area (Å²) in [6.45, 7) is 0.412. The van der Waals surface area contributed by atoms with E-state index in [0.29, 0.717) is 23.7 Å². The summed E-state index contributed by atoms with van der Waals surface area (Å²) in [5.41, 5.74) is 2.96. The lowest BCUT2D eigenvalue weighted by atomic mass is 10.2. The SMILES string of the molecule is COc1ccc2cc(C(=O)Nc3cccc(OCc4cccnc4)c3)[nH]c2c1. The Bertz CT molecular complexity index is 1110. The minimum Gasteiger partial charge on any atom is -0.497 e. The molecule has 28 heavy (non-hydrogen) atoms. The highest BCUT2D eigenvalue weighted by molar-refractivity contribution is 6.06. The van der Waals surface area contributed by atoms with Crippen LogP contribution in [0.5, 0.6) is 11.5 Å². The van der Waals surface area contributed by atoms with Crippen molar-refractivity contribution in [1.29, 1.82) is 0 Å². The van der Waals surface area contributed by atoms with Crippen LogP contribution in [0.4, 0.5) is 5.69 Å². The van der Waals surface area contributed by atoms with Crippen LogP contribution in [-0.2, 0) is 6.61 Å². The predicted molar refractivity (Wildman–Crippen MR) is 108 cm³/mol. The van der Waals surface area contributed by atoms with Gasteiger partial charge in [0.05, 0.1) is 7.11 Å². The molecule has 6 heteroatoms. The summed E-state index contributed by atoms with van der Waals surface area (Å²) in [7, 11) is 1.61. The number of carbonyl (C=O) groups is 1. The monoisotopic (exact) mass is 373 g/mol. The zero-order valence-corrected chi connectivity index (χ0v) is 15.3. The van der Waals surface area contributed by atoms with E-state index in [1.807, 2.05) is 54.6 Å². The van der Waals surface area contributed by atoms with Crippen LogP contribution in [0, 0.1) is 0 Å². The average Bonchev–Trinajstić information content (AvgIpc) is 3.17. The van der Waals surface area contributed by atoms with Crippen molar-refractivity contribution in [3.8, 4) is 11.5 Å². The van der Waals surface area contributed by atoms with Crippen molar-refractivity contribution in [3.63, 3.8) is 0 Å². The largest absolute Gasteiger partial charge is 0.497 e. The molecular weight excluding hydrogens is 354 g/mol. The van der Waals surface area contributed by atoms with E-state index in [4.69, 9.17) is 9.47 Å².